The van der Waals surface area contributed by atoms with E-state index in [1.54, 1.807) is 4.52 Å². The van der Waals surface area contributed by atoms with E-state index in [4.69, 9.17) is 19.6 Å². The number of aryl methyl sites for hydroxylation is 2. The van der Waals surface area contributed by atoms with E-state index >= 15 is 0 Å². The summed E-state index contributed by atoms with van der Waals surface area (Å²) in [4.78, 5) is 30.9. The van der Waals surface area contributed by atoms with Crippen molar-refractivity contribution < 1.29 is 19.1 Å². The number of imidazole rings is 1. The molecule has 1 amide bonds. The van der Waals surface area contributed by atoms with Crippen LogP contribution in [0.3, 0.4) is 0 Å². The highest BCUT2D eigenvalue weighted by molar-refractivity contribution is 5.84. The maximum atomic E-state index is 13.2. The lowest BCUT2D eigenvalue weighted by Crippen LogP contribution is -2.52. The summed E-state index contributed by atoms with van der Waals surface area (Å²) in [6, 6.07) is 22.2. The first kappa shape index (κ1) is 32.0. The Labute approximate surface area is 275 Å². The summed E-state index contributed by atoms with van der Waals surface area (Å²) < 4.78 is 14.3. The van der Waals surface area contributed by atoms with Gasteiger partial charge in [0, 0.05) is 11.1 Å². The molecule has 10 heteroatoms. The smallest absolute Gasteiger partial charge is 0.435 e. The summed E-state index contributed by atoms with van der Waals surface area (Å²) in [5, 5.41) is 12.8. The zero-order chi connectivity index (χ0) is 33.7. The van der Waals surface area contributed by atoms with Gasteiger partial charge in [0.25, 0.3) is 0 Å². The van der Waals surface area contributed by atoms with E-state index in [1.807, 2.05) is 97.9 Å². The summed E-state index contributed by atoms with van der Waals surface area (Å²) in [5.41, 5.74) is 6.07. The number of rotatable bonds is 5. The normalized spacial score (nSPS) is 14.5. The minimum Gasteiger partial charge on any atom is -0.444 e. The molecular weight excluding hydrogens is 592 g/mol. The molecule has 3 aromatic heterocycles. The van der Waals surface area contributed by atoms with Crippen molar-refractivity contribution in [1.29, 1.82) is 0 Å². The van der Waals surface area contributed by atoms with Crippen molar-refractivity contribution in [3.63, 3.8) is 0 Å². The molecule has 0 saturated heterocycles. The highest BCUT2D eigenvalue weighted by Gasteiger charge is 2.41. The van der Waals surface area contributed by atoms with Crippen molar-refractivity contribution in [1.82, 2.24) is 29.7 Å². The van der Waals surface area contributed by atoms with Crippen LogP contribution in [0.15, 0.2) is 66.7 Å². The van der Waals surface area contributed by atoms with E-state index in [0.717, 1.165) is 47.2 Å². The molecule has 10 nitrogen and oxygen atoms in total. The fraction of sp³-hybridized carbons (Fsp3) is 0.378. The predicted molar refractivity (Wildman–Crippen MR) is 181 cm³/mol. The van der Waals surface area contributed by atoms with E-state index in [1.165, 1.54) is 4.68 Å². The Balaban J connectivity index is 1.46. The molecule has 244 valence electrons. The first-order chi connectivity index (χ1) is 22.1. The number of hydrogen-bond acceptors (Lipinski definition) is 7. The number of carbonyl (C=O) groups excluding carboxylic acids is 2. The number of hydrogen-bond donors (Lipinski definition) is 1. The van der Waals surface area contributed by atoms with Crippen molar-refractivity contribution in [3.05, 3.63) is 83.7 Å². The topological polar surface area (TPSA) is 113 Å². The summed E-state index contributed by atoms with van der Waals surface area (Å²) in [6.45, 7) is 14.8. The summed E-state index contributed by atoms with van der Waals surface area (Å²) in [7, 11) is 0. The summed E-state index contributed by atoms with van der Waals surface area (Å²) in [6.07, 6.45) is 1.72. The van der Waals surface area contributed by atoms with Gasteiger partial charge in [-0.25, -0.2) is 19.1 Å². The second-order valence-corrected chi connectivity index (χ2v) is 14.3. The average Bonchev–Trinajstić information content (AvgIpc) is 3.51. The zero-order valence-electron chi connectivity index (χ0n) is 28.3. The van der Waals surface area contributed by atoms with Gasteiger partial charge in [0.15, 0.2) is 5.65 Å². The summed E-state index contributed by atoms with van der Waals surface area (Å²) in [5.74, 6) is 0. The summed E-state index contributed by atoms with van der Waals surface area (Å²) >= 11 is 0. The quantitative estimate of drug-likeness (QED) is 0.207. The Morgan fingerprint density at radius 1 is 0.830 bits per heavy atom. The Morgan fingerprint density at radius 2 is 1.49 bits per heavy atom. The van der Waals surface area contributed by atoms with Crippen LogP contribution in [-0.4, -0.2) is 47.8 Å². The molecule has 5 aromatic rings. The maximum absolute atomic E-state index is 13.2. The third kappa shape index (κ3) is 6.50. The van der Waals surface area contributed by atoms with Crippen LogP contribution in [0, 0.1) is 13.8 Å². The number of ether oxygens (including phenoxy) is 2. The molecule has 0 unspecified atom stereocenters. The van der Waals surface area contributed by atoms with Gasteiger partial charge < -0.3 is 14.8 Å². The number of aromatic nitrogens is 5. The van der Waals surface area contributed by atoms with Crippen molar-refractivity contribution in [3.8, 4) is 33.8 Å². The number of alkyl carbamates (subject to hydrolysis) is 1. The Morgan fingerprint density at radius 3 is 2.09 bits per heavy atom. The number of amides is 1. The lowest BCUT2D eigenvalue weighted by Gasteiger charge is -2.43. The van der Waals surface area contributed by atoms with Gasteiger partial charge in [-0.2, -0.15) is 14.9 Å². The standard InChI is InChI=1S/C37H42N6O4/c1-23-21-29(42(40-23)34(45)47-36(6,7)8)32-24(2)38-30-22-28(25-13-10-9-11-14-25)31(41-43(30)32)26-15-17-27(18-16-26)37(19-12-20-37)39-33(44)46-35(3,4)5/h9-11,13-18,21-22H,12,19-20H2,1-8H3,(H,39,44). The van der Waals surface area contributed by atoms with Gasteiger partial charge in [0.05, 0.1) is 22.6 Å². The SMILES string of the molecule is Cc1cc(-c2c(C)nc3cc(-c4ccccc4)c(-c4ccc(C5(NC(=O)OC(C)(C)C)CCC5)cc4)nn23)n(C(=O)OC(C)(C)C)n1. The van der Waals surface area contributed by atoms with Gasteiger partial charge in [-0.05, 0) is 97.9 Å². The monoisotopic (exact) mass is 634 g/mol. The van der Waals surface area contributed by atoms with Crippen LogP contribution in [0.2, 0.25) is 0 Å². The van der Waals surface area contributed by atoms with Gasteiger partial charge >= 0.3 is 12.2 Å². The molecule has 0 atom stereocenters. The molecule has 47 heavy (non-hydrogen) atoms. The fourth-order valence-electron chi connectivity index (χ4n) is 6.01. The third-order valence-corrected chi connectivity index (χ3v) is 8.17. The van der Waals surface area contributed by atoms with Crippen molar-refractivity contribution in [2.75, 3.05) is 0 Å². The number of carbonyl (C=O) groups is 2. The van der Waals surface area contributed by atoms with Gasteiger partial charge in [-0.1, -0.05) is 54.6 Å². The average molecular weight is 635 g/mol. The van der Waals surface area contributed by atoms with Gasteiger partial charge in [-0.3, -0.25) is 0 Å². The van der Waals surface area contributed by atoms with E-state index in [0.29, 0.717) is 28.4 Å². The van der Waals surface area contributed by atoms with E-state index in [-0.39, 0.29) is 0 Å². The molecule has 0 spiro atoms. The van der Waals surface area contributed by atoms with Crippen LogP contribution in [0.1, 0.15) is 77.8 Å². The highest BCUT2D eigenvalue weighted by atomic mass is 16.6. The second kappa shape index (κ2) is 11.7. The lowest BCUT2D eigenvalue weighted by atomic mass is 9.71. The molecule has 1 N–H and O–H groups in total. The van der Waals surface area contributed by atoms with Crippen LogP contribution >= 0.6 is 0 Å². The zero-order valence-corrected chi connectivity index (χ0v) is 28.3. The molecule has 1 aliphatic rings. The van der Waals surface area contributed by atoms with Crippen LogP contribution < -0.4 is 5.32 Å². The van der Waals surface area contributed by atoms with Crippen LogP contribution in [0.5, 0.6) is 0 Å². The number of nitrogens with one attached hydrogen (secondary N) is 1. The first-order valence-corrected chi connectivity index (χ1v) is 16.0. The molecule has 0 aliphatic heterocycles. The second-order valence-electron chi connectivity index (χ2n) is 14.3. The number of fused-ring (bicyclic) bond motifs is 1. The maximum Gasteiger partial charge on any atom is 0.435 e. The molecule has 1 fully saturated rings. The molecule has 6 rings (SSSR count). The predicted octanol–water partition coefficient (Wildman–Crippen LogP) is 8.23. The first-order valence-electron chi connectivity index (χ1n) is 16.0. The van der Waals surface area contributed by atoms with Crippen molar-refractivity contribution in [2.45, 2.75) is 91.4 Å². The minimum atomic E-state index is -0.689. The van der Waals surface area contributed by atoms with E-state index in [9.17, 15) is 9.59 Å². The Bertz CT molecular complexity index is 1960. The van der Waals surface area contributed by atoms with Crippen LogP contribution in [0.4, 0.5) is 9.59 Å². The van der Waals surface area contributed by atoms with Gasteiger partial charge in [0.1, 0.15) is 22.6 Å². The molecule has 0 bridgehead atoms. The van der Waals surface area contributed by atoms with Crippen LogP contribution in [-0.2, 0) is 15.0 Å². The molecule has 1 saturated carbocycles. The molecule has 0 radical (unpaired) electrons. The van der Waals surface area contributed by atoms with E-state index < -0.39 is 28.9 Å². The van der Waals surface area contributed by atoms with Crippen molar-refractivity contribution >= 4 is 17.8 Å². The van der Waals surface area contributed by atoms with Gasteiger partial charge in [0.2, 0.25) is 0 Å². The largest absolute Gasteiger partial charge is 0.444 e. The van der Waals surface area contributed by atoms with Gasteiger partial charge in [-0.15, -0.1) is 0 Å². The number of nitrogens with zero attached hydrogens (tertiary/aromatic N) is 5. The Hall–Kier alpha value is -4.99. The molecule has 1 aliphatic carbocycles. The third-order valence-electron chi connectivity index (χ3n) is 8.17. The minimum absolute atomic E-state index is 0.413. The fourth-order valence-corrected chi connectivity index (χ4v) is 6.01. The molecule has 3 heterocycles. The molecular formula is C37H42N6O4. The lowest BCUT2D eigenvalue weighted by molar-refractivity contribution is 0.0376. The molecule has 2 aromatic carbocycles. The van der Waals surface area contributed by atoms with Crippen LogP contribution in [0.25, 0.3) is 39.4 Å². The van der Waals surface area contributed by atoms with Crippen molar-refractivity contribution in [2.24, 2.45) is 0 Å². The highest BCUT2D eigenvalue weighted by Crippen LogP contribution is 2.42. The number of benzene rings is 2. The Kier molecular flexibility index (Phi) is 7.94. The van der Waals surface area contributed by atoms with E-state index in [2.05, 4.69) is 34.7 Å².